The fourth-order valence-electron chi connectivity index (χ4n) is 1.94. The summed E-state index contributed by atoms with van der Waals surface area (Å²) in [6, 6.07) is 0. The van der Waals surface area contributed by atoms with Crippen LogP contribution in [-0.4, -0.2) is 46.2 Å². The molecule has 0 aliphatic carbocycles. The highest BCUT2D eigenvalue weighted by Crippen LogP contribution is 2.13. The molecule has 1 aliphatic heterocycles. The van der Waals surface area contributed by atoms with Gasteiger partial charge in [0.1, 0.15) is 11.6 Å². The summed E-state index contributed by atoms with van der Waals surface area (Å²) in [5.41, 5.74) is 0. The number of nitrogens with one attached hydrogen (secondary N) is 1. The number of nitrogens with zero attached hydrogens (tertiary/aromatic N) is 4. The fourth-order valence-corrected chi connectivity index (χ4v) is 1.94. The zero-order chi connectivity index (χ0) is 12.3. The van der Waals surface area contributed by atoms with Crippen molar-refractivity contribution in [2.24, 2.45) is 0 Å². The minimum atomic E-state index is 0.0726. The molecule has 1 aromatic rings. The van der Waals surface area contributed by atoms with Crippen LogP contribution in [0.25, 0.3) is 0 Å². The van der Waals surface area contributed by atoms with Gasteiger partial charge in [-0.3, -0.25) is 4.79 Å². The highest BCUT2D eigenvalue weighted by Gasteiger charge is 2.15. The molecule has 0 fully saturated rings. The molecule has 6 nitrogen and oxygen atoms in total. The zero-order valence-corrected chi connectivity index (χ0v) is 10.4. The van der Waals surface area contributed by atoms with Crippen LogP contribution in [0.2, 0.25) is 0 Å². The van der Waals surface area contributed by atoms with E-state index < -0.39 is 0 Å². The fraction of sp³-hybridized carbons (Fsp3) is 0.727. The summed E-state index contributed by atoms with van der Waals surface area (Å²) in [7, 11) is 3.51. The Kier molecular flexibility index (Phi) is 3.73. The lowest BCUT2D eigenvalue weighted by Gasteiger charge is -2.15. The first-order valence-corrected chi connectivity index (χ1v) is 6.00. The van der Waals surface area contributed by atoms with Crippen LogP contribution in [0.5, 0.6) is 0 Å². The van der Waals surface area contributed by atoms with Crippen LogP contribution in [0.3, 0.4) is 0 Å². The molecule has 0 radical (unpaired) electrons. The zero-order valence-electron chi connectivity index (χ0n) is 10.4. The Morgan fingerprint density at radius 3 is 3.00 bits per heavy atom. The maximum Gasteiger partial charge on any atom is 0.236 e. The van der Waals surface area contributed by atoms with E-state index in [4.69, 9.17) is 0 Å². The standard InChI is InChI=1S/C11H19N5O/c1-15(2)11(17)8-12-7-10-14-13-9-5-3-4-6-16(9)10/h12H,3-8H2,1-2H3. The summed E-state index contributed by atoms with van der Waals surface area (Å²) in [6.07, 6.45) is 3.41. The van der Waals surface area contributed by atoms with E-state index in [0.717, 1.165) is 24.6 Å². The Hall–Kier alpha value is -1.43. The normalized spacial score (nSPS) is 14.5. The molecule has 1 aromatic heterocycles. The van der Waals surface area contributed by atoms with Crippen molar-refractivity contribution in [1.82, 2.24) is 25.0 Å². The summed E-state index contributed by atoms with van der Waals surface area (Å²) < 4.78 is 2.16. The van der Waals surface area contributed by atoms with Crippen molar-refractivity contribution >= 4 is 5.91 Å². The monoisotopic (exact) mass is 237 g/mol. The molecule has 2 heterocycles. The predicted octanol–water partition coefficient (Wildman–Crippen LogP) is -0.208. The van der Waals surface area contributed by atoms with E-state index in [2.05, 4.69) is 20.1 Å². The Labute approximate surface area is 101 Å². The van der Waals surface area contributed by atoms with Crippen LogP contribution in [0.1, 0.15) is 24.5 Å². The third-order valence-corrected chi connectivity index (χ3v) is 2.99. The van der Waals surface area contributed by atoms with E-state index in [0.29, 0.717) is 13.1 Å². The third kappa shape index (κ3) is 2.82. The summed E-state index contributed by atoms with van der Waals surface area (Å²) in [5, 5.41) is 11.4. The van der Waals surface area contributed by atoms with Gasteiger partial charge in [0, 0.05) is 27.1 Å². The molecule has 0 saturated carbocycles. The number of rotatable bonds is 4. The molecule has 0 spiro atoms. The van der Waals surface area contributed by atoms with Crippen LogP contribution >= 0.6 is 0 Å². The quantitative estimate of drug-likeness (QED) is 0.787. The lowest BCUT2D eigenvalue weighted by atomic mass is 10.2. The van der Waals surface area contributed by atoms with Gasteiger partial charge < -0.3 is 14.8 Å². The third-order valence-electron chi connectivity index (χ3n) is 2.99. The number of hydrogen-bond donors (Lipinski definition) is 1. The lowest BCUT2D eigenvalue weighted by Crippen LogP contribution is -2.33. The van der Waals surface area contributed by atoms with Crippen LogP contribution in [0, 0.1) is 0 Å². The van der Waals surface area contributed by atoms with Gasteiger partial charge in [-0.2, -0.15) is 0 Å². The number of aromatic nitrogens is 3. The van der Waals surface area contributed by atoms with Crippen LogP contribution in [0.15, 0.2) is 0 Å². The van der Waals surface area contributed by atoms with Gasteiger partial charge >= 0.3 is 0 Å². The van der Waals surface area contributed by atoms with Crippen molar-refractivity contribution in [2.45, 2.75) is 32.4 Å². The van der Waals surface area contributed by atoms with Crippen molar-refractivity contribution in [3.05, 3.63) is 11.6 Å². The topological polar surface area (TPSA) is 63.1 Å². The minimum absolute atomic E-state index is 0.0726. The van der Waals surface area contributed by atoms with Crippen molar-refractivity contribution < 1.29 is 4.79 Å². The van der Waals surface area contributed by atoms with Gasteiger partial charge in [0.05, 0.1) is 13.1 Å². The van der Waals surface area contributed by atoms with Crippen molar-refractivity contribution in [2.75, 3.05) is 20.6 Å². The maximum atomic E-state index is 11.4. The molecule has 6 heteroatoms. The number of carbonyl (C=O) groups is 1. The number of carbonyl (C=O) groups excluding carboxylic acids is 1. The average molecular weight is 237 g/mol. The van der Waals surface area contributed by atoms with Gasteiger partial charge in [0.2, 0.25) is 5.91 Å². The molecule has 1 amide bonds. The van der Waals surface area contributed by atoms with Crippen LogP contribution < -0.4 is 5.32 Å². The molecule has 0 atom stereocenters. The van der Waals surface area contributed by atoms with E-state index in [1.807, 2.05) is 0 Å². The van der Waals surface area contributed by atoms with Crippen molar-refractivity contribution in [1.29, 1.82) is 0 Å². The molecule has 0 aromatic carbocycles. The van der Waals surface area contributed by atoms with Crippen molar-refractivity contribution in [3.8, 4) is 0 Å². The van der Waals surface area contributed by atoms with Gasteiger partial charge in [-0.1, -0.05) is 0 Å². The highest BCUT2D eigenvalue weighted by molar-refractivity contribution is 5.77. The molecule has 94 valence electrons. The molecule has 0 unspecified atom stereocenters. The molecule has 2 rings (SSSR count). The first-order valence-electron chi connectivity index (χ1n) is 6.00. The summed E-state index contributed by atoms with van der Waals surface area (Å²) in [4.78, 5) is 13.0. The van der Waals surface area contributed by atoms with Gasteiger partial charge in [0.25, 0.3) is 0 Å². The van der Waals surface area contributed by atoms with Gasteiger partial charge in [-0.15, -0.1) is 10.2 Å². The van der Waals surface area contributed by atoms with E-state index in [-0.39, 0.29) is 5.91 Å². The molecular weight excluding hydrogens is 218 g/mol. The summed E-state index contributed by atoms with van der Waals surface area (Å²) in [5.74, 6) is 2.08. The van der Waals surface area contributed by atoms with E-state index >= 15 is 0 Å². The lowest BCUT2D eigenvalue weighted by molar-refractivity contribution is -0.127. The Morgan fingerprint density at radius 2 is 2.24 bits per heavy atom. The molecule has 1 aliphatic rings. The number of fused-ring (bicyclic) bond motifs is 1. The Balaban J connectivity index is 1.87. The maximum absolute atomic E-state index is 11.4. The number of likely N-dealkylation sites (N-methyl/N-ethyl adjacent to an activating group) is 1. The average Bonchev–Trinajstić information content (AvgIpc) is 2.72. The van der Waals surface area contributed by atoms with Crippen LogP contribution in [0.4, 0.5) is 0 Å². The Morgan fingerprint density at radius 1 is 1.41 bits per heavy atom. The molecule has 17 heavy (non-hydrogen) atoms. The van der Waals surface area contributed by atoms with Gasteiger partial charge in [-0.25, -0.2) is 0 Å². The minimum Gasteiger partial charge on any atom is -0.348 e. The van der Waals surface area contributed by atoms with E-state index in [9.17, 15) is 4.79 Å². The first-order chi connectivity index (χ1) is 8.18. The molecule has 1 N–H and O–H groups in total. The summed E-state index contributed by atoms with van der Waals surface area (Å²) >= 11 is 0. The number of amides is 1. The van der Waals surface area contributed by atoms with Crippen molar-refractivity contribution in [3.63, 3.8) is 0 Å². The smallest absolute Gasteiger partial charge is 0.236 e. The predicted molar refractivity (Wildman–Crippen MR) is 63.4 cm³/mol. The second kappa shape index (κ2) is 5.27. The second-order valence-corrected chi connectivity index (χ2v) is 4.53. The summed E-state index contributed by atoms with van der Waals surface area (Å²) in [6.45, 7) is 1.95. The first kappa shape index (κ1) is 12.0. The van der Waals surface area contributed by atoms with E-state index in [1.165, 1.54) is 12.8 Å². The largest absolute Gasteiger partial charge is 0.348 e. The van der Waals surface area contributed by atoms with Crippen LogP contribution in [-0.2, 0) is 24.3 Å². The molecule has 0 saturated heterocycles. The number of hydrogen-bond acceptors (Lipinski definition) is 4. The van der Waals surface area contributed by atoms with Gasteiger partial charge in [-0.05, 0) is 12.8 Å². The highest BCUT2D eigenvalue weighted by atomic mass is 16.2. The van der Waals surface area contributed by atoms with E-state index in [1.54, 1.807) is 19.0 Å². The Bertz CT molecular complexity index is 399. The number of aryl methyl sites for hydroxylation is 1. The molecular formula is C11H19N5O. The van der Waals surface area contributed by atoms with Gasteiger partial charge in [0.15, 0.2) is 0 Å². The SMILES string of the molecule is CN(C)C(=O)CNCc1nnc2n1CCCC2. The second-order valence-electron chi connectivity index (χ2n) is 4.53. The molecule has 0 bridgehead atoms.